The molecule has 17 heavy (non-hydrogen) atoms. The van der Waals surface area contributed by atoms with E-state index in [2.05, 4.69) is 21.2 Å². The molecule has 1 rings (SSSR count). The van der Waals surface area contributed by atoms with Gasteiger partial charge in [0.2, 0.25) is 0 Å². The number of alkyl carbamates (subject to hydrolysis) is 1. The fourth-order valence-corrected chi connectivity index (χ4v) is 1.56. The largest absolute Gasteiger partial charge is 0.442 e. The Morgan fingerprint density at radius 1 is 1.29 bits per heavy atom. The molecule has 0 aliphatic heterocycles. The molecule has 0 bridgehead atoms. The van der Waals surface area contributed by atoms with Crippen LogP contribution in [0.4, 0.5) is 4.79 Å². The van der Waals surface area contributed by atoms with Crippen molar-refractivity contribution in [1.29, 1.82) is 0 Å². The number of carbonyl (C=O) groups is 1. The normalized spacial score (nSPS) is 13.0. The Morgan fingerprint density at radius 3 is 2.29 bits per heavy atom. The van der Waals surface area contributed by atoms with Crippen molar-refractivity contribution in [3.05, 3.63) is 34.3 Å². The van der Waals surface area contributed by atoms with Crippen molar-refractivity contribution in [1.82, 2.24) is 5.32 Å². The monoisotopic (exact) mass is 299 g/mol. The summed E-state index contributed by atoms with van der Waals surface area (Å²) in [5.74, 6) is 0. The van der Waals surface area contributed by atoms with E-state index >= 15 is 0 Å². The van der Waals surface area contributed by atoms with Gasteiger partial charge in [-0.15, -0.1) is 0 Å². The first-order valence-electron chi connectivity index (χ1n) is 5.52. The number of carbonyl (C=O) groups excluding carboxylic acids is 1. The minimum absolute atomic E-state index is 0.259. The maximum Gasteiger partial charge on any atom is 0.408 e. The van der Waals surface area contributed by atoms with Crippen LogP contribution in [0.5, 0.6) is 0 Å². The number of ether oxygens (including phenoxy) is 1. The lowest BCUT2D eigenvalue weighted by molar-refractivity contribution is 0.100. The lowest BCUT2D eigenvalue weighted by atomic mass is 10.1. The van der Waals surface area contributed by atoms with Crippen molar-refractivity contribution in [2.75, 3.05) is 0 Å². The van der Waals surface area contributed by atoms with Crippen LogP contribution >= 0.6 is 15.9 Å². The summed E-state index contributed by atoms with van der Waals surface area (Å²) >= 11 is 3.37. The van der Waals surface area contributed by atoms with Gasteiger partial charge in [-0.3, -0.25) is 0 Å². The smallest absolute Gasteiger partial charge is 0.408 e. The van der Waals surface area contributed by atoms with Crippen LogP contribution in [0, 0.1) is 0 Å². The fourth-order valence-electron chi connectivity index (χ4n) is 1.30. The fraction of sp³-hybridized carbons (Fsp3) is 0.462. The lowest BCUT2D eigenvalue weighted by Gasteiger charge is -2.22. The quantitative estimate of drug-likeness (QED) is 0.895. The molecule has 4 heteroatoms. The molecule has 1 amide bonds. The van der Waals surface area contributed by atoms with Gasteiger partial charge in [0.25, 0.3) is 0 Å². The van der Waals surface area contributed by atoms with E-state index < -0.39 is 6.09 Å². The molecule has 0 heterocycles. The van der Waals surface area contributed by atoms with E-state index in [-0.39, 0.29) is 11.6 Å². The first kappa shape index (κ1) is 14.0. The third-order valence-corrected chi connectivity index (χ3v) is 2.63. The molecule has 0 aliphatic rings. The average molecular weight is 300 g/mol. The van der Waals surface area contributed by atoms with Crippen molar-refractivity contribution >= 4 is 22.0 Å². The van der Waals surface area contributed by atoms with Crippen LogP contribution in [-0.2, 0) is 4.74 Å². The van der Waals surface area contributed by atoms with Crippen LogP contribution in [-0.4, -0.2) is 11.6 Å². The molecule has 1 aromatic rings. The summed E-state index contributed by atoms with van der Waals surface area (Å²) in [4.78, 5) is 11.6. The molecule has 1 atom stereocenters. The zero-order valence-corrected chi connectivity index (χ0v) is 12.2. The maximum atomic E-state index is 11.6. The van der Waals surface area contributed by atoms with Gasteiger partial charge in [0, 0.05) is 10.0 Å². The highest BCUT2D eigenvalue weighted by molar-refractivity contribution is 9.10. The average Bonchev–Trinajstić information content (AvgIpc) is 2.15. The predicted octanol–water partition coefficient (Wildman–Crippen LogP) is 4.03. The van der Waals surface area contributed by atoms with Gasteiger partial charge in [-0.2, -0.15) is 0 Å². The van der Waals surface area contributed by atoms with Crippen LogP contribution in [0.1, 0.15) is 39.4 Å². The minimum Gasteiger partial charge on any atom is -0.442 e. The summed E-state index contributed by atoms with van der Waals surface area (Å²) in [7, 11) is 0. The van der Waals surface area contributed by atoms with E-state index in [1.54, 1.807) is 0 Å². The number of rotatable bonds is 2. The molecule has 0 radical (unpaired) electrons. The van der Waals surface area contributed by atoms with Crippen molar-refractivity contribution < 1.29 is 9.53 Å². The van der Waals surface area contributed by atoms with E-state index in [1.165, 1.54) is 0 Å². The highest BCUT2D eigenvalue weighted by atomic mass is 79.9. The zero-order valence-electron chi connectivity index (χ0n) is 10.6. The van der Waals surface area contributed by atoms with Crippen LogP contribution in [0.2, 0.25) is 0 Å². The summed E-state index contributed by atoms with van der Waals surface area (Å²) in [5.41, 5.74) is 0.688. The molecule has 3 nitrogen and oxygen atoms in total. The predicted molar refractivity (Wildman–Crippen MR) is 71.9 cm³/mol. The van der Waals surface area contributed by atoms with Gasteiger partial charge < -0.3 is 10.1 Å². The van der Waals surface area contributed by atoms with Gasteiger partial charge in [-0.1, -0.05) is 28.1 Å². The second-order valence-corrected chi connectivity index (χ2v) is 5.89. The van der Waals surface area contributed by atoms with Gasteiger partial charge in [-0.05, 0) is 45.4 Å². The SMILES string of the molecule is CC(OC(=O)NC(C)(C)C)c1ccc(Br)cc1. The van der Waals surface area contributed by atoms with E-state index in [0.29, 0.717) is 0 Å². The van der Waals surface area contributed by atoms with Crippen molar-refractivity contribution in [2.45, 2.75) is 39.3 Å². The Balaban J connectivity index is 2.57. The van der Waals surface area contributed by atoms with Gasteiger partial charge in [0.15, 0.2) is 0 Å². The van der Waals surface area contributed by atoms with Crippen LogP contribution in [0.3, 0.4) is 0 Å². The van der Waals surface area contributed by atoms with E-state index in [0.717, 1.165) is 10.0 Å². The van der Waals surface area contributed by atoms with Crippen LogP contribution < -0.4 is 5.32 Å². The Kier molecular flexibility index (Phi) is 4.57. The number of hydrogen-bond donors (Lipinski definition) is 1. The van der Waals surface area contributed by atoms with Gasteiger partial charge in [-0.25, -0.2) is 4.79 Å². The zero-order chi connectivity index (χ0) is 13.1. The molecular formula is C13H18BrNO2. The third-order valence-electron chi connectivity index (χ3n) is 2.10. The Hall–Kier alpha value is -1.03. The highest BCUT2D eigenvalue weighted by Gasteiger charge is 2.17. The molecule has 1 unspecified atom stereocenters. The topological polar surface area (TPSA) is 38.3 Å². The number of amides is 1. The summed E-state index contributed by atoms with van der Waals surface area (Å²) < 4.78 is 6.29. The second-order valence-electron chi connectivity index (χ2n) is 4.97. The molecular weight excluding hydrogens is 282 g/mol. The summed E-state index contributed by atoms with van der Waals surface area (Å²) in [6.45, 7) is 7.60. The molecule has 0 fully saturated rings. The standard InChI is InChI=1S/C13H18BrNO2/c1-9(10-5-7-11(14)8-6-10)17-12(16)15-13(2,3)4/h5-9H,1-4H3,(H,15,16). The van der Waals surface area contributed by atoms with Crippen LogP contribution in [0.25, 0.3) is 0 Å². The van der Waals surface area contributed by atoms with Gasteiger partial charge in [0.1, 0.15) is 6.10 Å². The minimum atomic E-state index is -0.395. The molecule has 1 N–H and O–H groups in total. The van der Waals surface area contributed by atoms with E-state index in [1.807, 2.05) is 52.0 Å². The summed E-state index contributed by atoms with van der Waals surface area (Å²) in [6, 6.07) is 7.71. The summed E-state index contributed by atoms with van der Waals surface area (Å²) in [5, 5.41) is 2.76. The third kappa shape index (κ3) is 5.22. The highest BCUT2D eigenvalue weighted by Crippen LogP contribution is 2.19. The van der Waals surface area contributed by atoms with E-state index in [4.69, 9.17) is 4.74 Å². The number of nitrogens with one attached hydrogen (secondary N) is 1. The lowest BCUT2D eigenvalue weighted by Crippen LogP contribution is -2.41. The first-order chi connectivity index (χ1) is 7.78. The van der Waals surface area contributed by atoms with Gasteiger partial charge in [0.05, 0.1) is 0 Å². The molecule has 0 aliphatic carbocycles. The van der Waals surface area contributed by atoms with Crippen molar-refractivity contribution in [3.63, 3.8) is 0 Å². The Morgan fingerprint density at radius 2 is 1.82 bits per heavy atom. The molecule has 0 saturated carbocycles. The number of halogens is 1. The molecule has 0 spiro atoms. The first-order valence-corrected chi connectivity index (χ1v) is 6.31. The number of hydrogen-bond acceptors (Lipinski definition) is 2. The molecule has 0 saturated heterocycles. The molecule has 1 aromatic carbocycles. The van der Waals surface area contributed by atoms with Crippen molar-refractivity contribution in [3.8, 4) is 0 Å². The van der Waals surface area contributed by atoms with Crippen molar-refractivity contribution in [2.24, 2.45) is 0 Å². The molecule has 0 aromatic heterocycles. The summed E-state index contributed by atoms with van der Waals surface area (Å²) in [6.07, 6.45) is -0.654. The second kappa shape index (κ2) is 5.54. The Labute approximate surface area is 111 Å². The number of benzene rings is 1. The van der Waals surface area contributed by atoms with E-state index in [9.17, 15) is 4.79 Å². The van der Waals surface area contributed by atoms with Gasteiger partial charge >= 0.3 is 6.09 Å². The van der Waals surface area contributed by atoms with Crippen LogP contribution in [0.15, 0.2) is 28.7 Å². The maximum absolute atomic E-state index is 11.6. The molecule has 94 valence electrons. The Bertz CT molecular complexity index is 381.